The van der Waals surface area contributed by atoms with Crippen molar-refractivity contribution in [3.8, 4) is 5.88 Å². The van der Waals surface area contributed by atoms with Crippen molar-refractivity contribution < 1.29 is 23.0 Å². The third-order valence-corrected chi connectivity index (χ3v) is 2.46. The topological polar surface area (TPSA) is 58.5 Å². The van der Waals surface area contributed by atoms with E-state index in [1.54, 1.807) is 0 Å². The van der Waals surface area contributed by atoms with Crippen LogP contribution in [0.4, 0.5) is 19.1 Å². The molecule has 0 fully saturated rings. The predicted molar refractivity (Wildman–Crippen MR) is 61.6 cm³/mol. The monoisotopic (exact) mass is 329 g/mol. The van der Waals surface area contributed by atoms with E-state index in [0.29, 0.717) is 4.47 Å². The van der Waals surface area contributed by atoms with Crippen LogP contribution in [-0.4, -0.2) is 48.1 Å². The number of aliphatic hydroxyl groups is 1. The normalized spacial score (nSPS) is 11.4. The number of rotatable bonds is 5. The number of anilines is 1. The highest BCUT2D eigenvalue weighted by atomic mass is 79.9. The third-order valence-electron chi connectivity index (χ3n) is 1.92. The lowest BCUT2D eigenvalue weighted by Crippen LogP contribution is -2.37. The lowest BCUT2D eigenvalue weighted by molar-refractivity contribution is -0.120. The zero-order valence-electron chi connectivity index (χ0n) is 9.41. The van der Waals surface area contributed by atoms with Gasteiger partial charge in [0.25, 0.3) is 0 Å². The molecule has 0 radical (unpaired) electrons. The summed E-state index contributed by atoms with van der Waals surface area (Å²) in [4.78, 5) is 8.42. The van der Waals surface area contributed by atoms with Crippen molar-refractivity contribution in [2.75, 3.05) is 31.7 Å². The first-order chi connectivity index (χ1) is 8.37. The Bertz CT molecular complexity index is 403. The molecule has 0 aliphatic heterocycles. The van der Waals surface area contributed by atoms with Gasteiger partial charge in [0.15, 0.2) is 0 Å². The second-order valence-electron chi connectivity index (χ2n) is 3.29. The maximum atomic E-state index is 12.4. The van der Waals surface area contributed by atoms with Crippen molar-refractivity contribution in [3.05, 3.63) is 10.7 Å². The zero-order chi connectivity index (χ0) is 13.8. The molecule has 0 unspecified atom stereocenters. The number of hydrogen-bond donors (Lipinski definition) is 1. The fourth-order valence-corrected chi connectivity index (χ4v) is 1.58. The van der Waals surface area contributed by atoms with E-state index in [-0.39, 0.29) is 18.4 Å². The molecule has 1 aromatic heterocycles. The number of hydrogen-bond acceptors (Lipinski definition) is 5. The summed E-state index contributed by atoms with van der Waals surface area (Å²) >= 11 is 3.10. The van der Waals surface area contributed by atoms with Crippen LogP contribution in [0.15, 0.2) is 10.7 Å². The second-order valence-corrected chi connectivity index (χ2v) is 4.14. The summed E-state index contributed by atoms with van der Waals surface area (Å²) in [5, 5.41) is 8.77. The standard InChI is InChI=1S/C9H11BrF3N3O2/c1-18-7-6(10)4-14-8(15-7)16(2-3-17)5-9(11,12)13/h4,17H,2-3,5H2,1H3. The predicted octanol–water partition coefficient (Wildman–Crippen LogP) is 1.61. The van der Waals surface area contributed by atoms with Crippen LogP contribution in [0.5, 0.6) is 5.88 Å². The van der Waals surface area contributed by atoms with E-state index in [0.717, 1.165) is 4.90 Å². The highest BCUT2D eigenvalue weighted by Crippen LogP contribution is 2.25. The van der Waals surface area contributed by atoms with Crippen LogP contribution in [0, 0.1) is 0 Å². The fraction of sp³-hybridized carbons (Fsp3) is 0.556. The number of aromatic nitrogens is 2. The number of halogens is 4. The molecule has 0 bridgehead atoms. The van der Waals surface area contributed by atoms with E-state index in [4.69, 9.17) is 9.84 Å². The van der Waals surface area contributed by atoms with Gasteiger partial charge in [0.2, 0.25) is 11.8 Å². The van der Waals surface area contributed by atoms with E-state index in [2.05, 4.69) is 25.9 Å². The minimum absolute atomic E-state index is 0.130. The first-order valence-electron chi connectivity index (χ1n) is 4.86. The number of nitrogens with zero attached hydrogens (tertiary/aromatic N) is 3. The molecule has 1 heterocycles. The minimum Gasteiger partial charge on any atom is -0.480 e. The maximum Gasteiger partial charge on any atom is 0.406 e. The highest BCUT2D eigenvalue weighted by molar-refractivity contribution is 9.10. The molecule has 0 saturated carbocycles. The Labute approximate surface area is 110 Å². The van der Waals surface area contributed by atoms with E-state index >= 15 is 0 Å². The average molecular weight is 330 g/mol. The minimum atomic E-state index is -4.40. The van der Waals surface area contributed by atoms with Crippen LogP contribution >= 0.6 is 15.9 Å². The molecule has 102 valence electrons. The summed E-state index contributed by atoms with van der Waals surface area (Å²) in [6.07, 6.45) is -3.11. The molecule has 1 N–H and O–H groups in total. The second kappa shape index (κ2) is 6.19. The summed E-state index contributed by atoms with van der Waals surface area (Å²) in [5.41, 5.74) is 0. The van der Waals surface area contributed by atoms with Crippen LogP contribution in [0.1, 0.15) is 0 Å². The molecule has 9 heteroatoms. The highest BCUT2D eigenvalue weighted by Gasteiger charge is 2.32. The summed E-state index contributed by atoms with van der Waals surface area (Å²) in [6.45, 7) is -1.89. The van der Waals surface area contributed by atoms with Crippen LogP contribution < -0.4 is 9.64 Å². The van der Waals surface area contributed by atoms with Crippen molar-refractivity contribution in [1.29, 1.82) is 0 Å². The van der Waals surface area contributed by atoms with Gasteiger partial charge in [-0.25, -0.2) is 4.98 Å². The van der Waals surface area contributed by atoms with E-state index in [9.17, 15) is 13.2 Å². The summed E-state index contributed by atoms with van der Waals surface area (Å²) in [7, 11) is 1.34. The van der Waals surface area contributed by atoms with Crippen LogP contribution in [0.3, 0.4) is 0 Å². The molecule has 0 spiro atoms. The Morgan fingerprint density at radius 3 is 2.67 bits per heavy atom. The van der Waals surface area contributed by atoms with Crippen LogP contribution in [0.2, 0.25) is 0 Å². The van der Waals surface area contributed by atoms with Gasteiger partial charge in [0.1, 0.15) is 6.54 Å². The molecule has 0 saturated heterocycles. The molecule has 1 rings (SSSR count). The molecular weight excluding hydrogens is 319 g/mol. The first-order valence-corrected chi connectivity index (χ1v) is 5.65. The number of methoxy groups -OCH3 is 1. The summed E-state index contributed by atoms with van der Waals surface area (Å²) in [5.74, 6) is -0.0217. The van der Waals surface area contributed by atoms with Gasteiger partial charge in [-0.15, -0.1) is 0 Å². The van der Waals surface area contributed by atoms with Crippen LogP contribution in [0.25, 0.3) is 0 Å². The van der Waals surface area contributed by atoms with Crippen molar-refractivity contribution in [2.45, 2.75) is 6.18 Å². The Morgan fingerprint density at radius 1 is 1.50 bits per heavy atom. The van der Waals surface area contributed by atoms with Gasteiger partial charge in [0.05, 0.1) is 24.4 Å². The Morgan fingerprint density at radius 2 is 2.17 bits per heavy atom. The van der Waals surface area contributed by atoms with Gasteiger partial charge in [-0.1, -0.05) is 0 Å². The molecular formula is C9H11BrF3N3O2. The van der Waals surface area contributed by atoms with E-state index in [1.807, 2.05) is 0 Å². The summed E-state index contributed by atoms with van der Waals surface area (Å²) in [6, 6.07) is 0. The molecule has 1 aromatic rings. The van der Waals surface area contributed by atoms with Gasteiger partial charge in [0, 0.05) is 6.54 Å². The van der Waals surface area contributed by atoms with Crippen molar-refractivity contribution >= 4 is 21.9 Å². The zero-order valence-corrected chi connectivity index (χ0v) is 11.0. The molecule has 0 aliphatic carbocycles. The smallest absolute Gasteiger partial charge is 0.406 e. The quantitative estimate of drug-likeness (QED) is 0.889. The molecule has 0 aliphatic rings. The Balaban J connectivity index is 2.98. The molecule has 0 atom stereocenters. The average Bonchev–Trinajstić information content (AvgIpc) is 2.27. The van der Waals surface area contributed by atoms with Gasteiger partial charge in [-0.2, -0.15) is 18.2 Å². The number of ether oxygens (including phenoxy) is 1. The SMILES string of the molecule is COc1nc(N(CCO)CC(F)(F)F)ncc1Br. The van der Waals surface area contributed by atoms with Crippen LogP contribution in [-0.2, 0) is 0 Å². The maximum absolute atomic E-state index is 12.4. The van der Waals surface area contributed by atoms with Crippen molar-refractivity contribution in [2.24, 2.45) is 0 Å². The van der Waals surface area contributed by atoms with E-state index < -0.39 is 19.3 Å². The van der Waals surface area contributed by atoms with Gasteiger partial charge >= 0.3 is 6.18 Å². The first kappa shape index (κ1) is 15.0. The Hall–Kier alpha value is -1.09. The van der Waals surface area contributed by atoms with Crippen molar-refractivity contribution in [3.63, 3.8) is 0 Å². The van der Waals surface area contributed by atoms with Crippen molar-refractivity contribution in [1.82, 2.24) is 9.97 Å². The van der Waals surface area contributed by atoms with Gasteiger partial charge in [-0.3, -0.25) is 0 Å². The third kappa shape index (κ3) is 4.30. The largest absolute Gasteiger partial charge is 0.480 e. The fourth-order valence-electron chi connectivity index (χ4n) is 1.23. The molecule has 5 nitrogen and oxygen atoms in total. The molecule has 18 heavy (non-hydrogen) atoms. The number of alkyl halides is 3. The number of aliphatic hydroxyl groups excluding tert-OH is 1. The Kier molecular flexibility index (Phi) is 5.15. The molecule has 0 amide bonds. The van der Waals surface area contributed by atoms with E-state index in [1.165, 1.54) is 13.3 Å². The lowest BCUT2D eigenvalue weighted by atomic mass is 10.5. The lowest BCUT2D eigenvalue weighted by Gasteiger charge is -2.23. The van der Waals surface area contributed by atoms with Gasteiger partial charge < -0.3 is 14.7 Å². The van der Waals surface area contributed by atoms with Gasteiger partial charge in [-0.05, 0) is 15.9 Å². The summed E-state index contributed by atoms with van der Waals surface area (Å²) < 4.78 is 42.4. The molecule has 0 aromatic carbocycles.